The van der Waals surface area contributed by atoms with E-state index in [9.17, 15) is 0 Å². The van der Waals surface area contributed by atoms with E-state index in [1.54, 1.807) is 0 Å². The van der Waals surface area contributed by atoms with Gasteiger partial charge in [-0.25, -0.2) is 0 Å². The Kier molecular flexibility index (Phi) is 8.66. The summed E-state index contributed by atoms with van der Waals surface area (Å²) in [6.45, 7) is 12.7. The van der Waals surface area contributed by atoms with Crippen LogP contribution in [-0.2, 0) is 13.1 Å². The fourth-order valence-corrected chi connectivity index (χ4v) is 2.40. The number of hydrogen-bond acceptors (Lipinski definition) is 4. The molecule has 1 N–H and O–H groups in total. The van der Waals surface area contributed by atoms with Crippen molar-refractivity contribution in [1.82, 2.24) is 15.1 Å². The molecule has 0 saturated carbocycles. The minimum absolute atomic E-state index is 0.840. The van der Waals surface area contributed by atoms with Gasteiger partial charge in [0.2, 0.25) is 0 Å². The van der Waals surface area contributed by atoms with Crippen molar-refractivity contribution in [3.05, 3.63) is 23.2 Å². The Morgan fingerprint density at radius 3 is 2.57 bits per heavy atom. The first kappa shape index (κ1) is 18.2. The predicted molar refractivity (Wildman–Crippen MR) is 89.6 cm³/mol. The average Bonchev–Trinajstić information content (AvgIpc) is 2.78. The van der Waals surface area contributed by atoms with Gasteiger partial charge in [0.25, 0.3) is 0 Å². The van der Waals surface area contributed by atoms with Crippen LogP contribution in [0, 0.1) is 6.92 Å². The van der Waals surface area contributed by atoms with E-state index in [1.807, 2.05) is 0 Å². The van der Waals surface area contributed by atoms with Crippen LogP contribution in [0.25, 0.3) is 0 Å². The van der Waals surface area contributed by atoms with E-state index < -0.39 is 0 Å². The normalized spacial score (nSPS) is 11.8. The molecule has 0 unspecified atom stereocenters. The molecule has 0 aliphatic carbocycles. The van der Waals surface area contributed by atoms with Gasteiger partial charge in [0, 0.05) is 0 Å². The molecule has 0 atom stereocenters. The van der Waals surface area contributed by atoms with Crippen LogP contribution < -0.4 is 5.32 Å². The second-order valence-electron chi connectivity index (χ2n) is 6.02. The topological polar surface area (TPSA) is 31.7 Å². The molecule has 4 nitrogen and oxygen atoms in total. The van der Waals surface area contributed by atoms with Crippen molar-refractivity contribution in [2.45, 2.75) is 46.7 Å². The molecule has 0 fully saturated rings. The first-order valence-corrected chi connectivity index (χ1v) is 8.22. The van der Waals surface area contributed by atoms with Crippen LogP contribution in [0.4, 0.5) is 0 Å². The van der Waals surface area contributed by atoms with Gasteiger partial charge < -0.3 is 14.6 Å². The summed E-state index contributed by atoms with van der Waals surface area (Å²) < 4.78 is 6.01. The molecule has 21 heavy (non-hydrogen) atoms. The first-order chi connectivity index (χ1) is 10.1. The van der Waals surface area contributed by atoms with E-state index in [-0.39, 0.29) is 0 Å². The predicted octanol–water partition coefficient (Wildman–Crippen LogP) is 2.86. The largest absolute Gasteiger partial charge is 0.463 e. The summed E-state index contributed by atoms with van der Waals surface area (Å²) in [6.07, 6.45) is 2.35. The third kappa shape index (κ3) is 7.11. The van der Waals surface area contributed by atoms with Crippen molar-refractivity contribution in [1.29, 1.82) is 0 Å². The molecular formula is C17H33N3O. The van der Waals surface area contributed by atoms with Gasteiger partial charge in [-0.05, 0) is 71.7 Å². The number of rotatable bonds is 11. The van der Waals surface area contributed by atoms with Crippen LogP contribution in [0.2, 0.25) is 0 Å². The van der Waals surface area contributed by atoms with Crippen LogP contribution in [0.15, 0.2) is 10.5 Å². The molecule has 4 heteroatoms. The Balaban J connectivity index is 2.46. The van der Waals surface area contributed by atoms with Crippen molar-refractivity contribution in [3.8, 4) is 0 Å². The zero-order valence-corrected chi connectivity index (χ0v) is 14.5. The number of aryl methyl sites for hydroxylation is 1. The van der Waals surface area contributed by atoms with E-state index >= 15 is 0 Å². The van der Waals surface area contributed by atoms with Gasteiger partial charge in [0.15, 0.2) is 0 Å². The lowest BCUT2D eigenvalue weighted by Crippen LogP contribution is -2.26. The highest BCUT2D eigenvalue weighted by Crippen LogP contribution is 2.16. The van der Waals surface area contributed by atoms with Crippen molar-refractivity contribution in [2.75, 3.05) is 40.3 Å². The zero-order valence-electron chi connectivity index (χ0n) is 14.5. The molecular weight excluding hydrogens is 262 g/mol. The van der Waals surface area contributed by atoms with Gasteiger partial charge in [0.05, 0.1) is 13.1 Å². The highest BCUT2D eigenvalue weighted by molar-refractivity contribution is 5.20. The summed E-state index contributed by atoms with van der Waals surface area (Å²) in [6, 6.07) is 2.19. The first-order valence-electron chi connectivity index (χ1n) is 8.22. The number of nitrogens with one attached hydrogen (secondary N) is 1. The molecule has 1 aromatic rings. The van der Waals surface area contributed by atoms with Crippen LogP contribution in [0.3, 0.4) is 0 Å². The van der Waals surface area contributed by atoms with Crippen molar-refractivity contribution >= 4 is 0 Å². The van der Waals surface area contributed by atoms with Gasteiger partial charge >= 0.3 is 0 Å². The lowest BCUT2D eigenvalue weighted by atomic mass is 10.2. The molecule has 0 radical (unpaired) electrons. The van der Waals surface area contributed by atoms with Gasteiger partial charge in [-0.2, -0.15) is 0 Å². The van der Waals surface area contributed by atoms with E-state index in [4.69, 9.17) is 4.42 Å². The van der Waals surface area contributed by atoms with Crippen molar-refractivity contribution in [2.24, 2.45) is 0 Å². The third-order valence-corrected chi connectivity index (χ3v) is 3.69. The molecule has 0 spiro atoms. The summed E-state index contributed by atoms with van der Waals surface area (Å²) in [7, 11) is 4.25. The van der Waals surface area contributed by atoms with Crippen LogP contribution in [0.5, 0.6) is 0 Å². The summed E-state index contributed by atoms with van der Waals surface area (Å²) in [4.78, 5) is 4.69. The highest BCUT2D eigenvalue weighted by atomic mass is 16.3. The molecule has 0 aromatic carbocycles. The van der Waals surface area contributed by atoms with Gasteiger partial charge in [0.1, 0.15) is 11.5 Å². The molecule has 0 aliphatic rings. The fraction of sp³-hybridized carbons (Fsp3) is 0.765. The maximum atomic E-state index is 6.01. The van der Waals surface area contributed by atoms with Gasteiger partial charge in [-0.15, -0.1) is 0 Å². The minimum atomic E-state index is 0.840. The Bertz CT molecular complexity index is 387. The monoisotopic (exact) mass is 295 g/mol. The lowest BCUT2D eigenvalue weighted by molar-refractivity contribution is 0.238. The zero-order chi connectivity index (χ0) is 15.7. The van der Waals surface area contributed by atoms with Gasteiger partial charge in [-0.3, -0.25) is 4.90 Å². The second-order valence-corrected chi connectivity index (χ2v) is 6.02. The van der Waals surface area contributed by atoms with Crippen LogP contribution in [0.1, 0.15) is 43.8 Å². The third-order valence-electron chi connectivity index (χ3n) is 3.69. The average molecular weight is 295 g/mol. The molecule has 0 aliphatic heterocycles. The van der Waals surface area contributed by atoms with Crippen LogP contribution >= 0.6 is 0 Å². The van der Waals surface area contributed by atoms with Crippen LogP contribution in [-0.4, -0.2) is 50.1 Å². The molecule has 1 rings (SSSR count). The summed E-state index contributed by atoms with van der Waals surface area (Å²) >= 11 is 0. The molecule has 0 bridgehead atoms. The Morgan fingerprint density at radius 2 is 1.95 bits per heavy atom. The van der Waals surface area contributed by atoms with E-state index in [0.29, 0.717) is 0 Å². The number of hydrogen-bond donors (Lipinski definition) is 1. The van der Waals surface area contributed by atoms with Gasteiger partial charge in [-0.1, -0.05) is 13.8 Å². The number of furan rings is 1. The van der Waals surface area contributed by atoms with E-state index in [2.05, 4.69) is 56.0 Å². The maximum Gasteiger partial charge on any atom is 0.120 e. The lowest BCUT2D eigenvalue weighted by Gasteiger charge is -2.20. The summed E-state index contributed by atoms with van der Waals surface area (Å²) in [5.74, 6) is 2.18. The SMILES string of the molecule is CCCNCc1oc(CN(CC)CCCN(C)C)cc1C. The molecule has 1 heterocycles. The molecule has 0 saturated heterocycles. The fourth-order valence-electron chi connectivity index (χ4n) is 2.40. The Labute approximate surface area is 130 Å². The number of nitrogens with zero attached hydrogens (tertiary/aromatic N) is 2. The summed E-state index contributed by atoms with van der Waals surface area (Å²) in [5, 5.41) is 3.41. The van der Waals surface area contributed by atoms with Crippen molar-refractivity contribution < 1.29 is 4.42 Å². The smallest absolute Gasteiger partial charge is 0.120 e. The quantitative estimate of drug-likeness (QED) is 0.636. The van der Waals surface area contributed by atoms with E-state index in [0.717, 1.165) is 57.2 Å². The second kappa shape index (κ2) is 9.98. The molecule has 1 aromatic heterocycles. The molecule has 122 valence electrons. The summed E-state index contributed by atoms with van der Waals surface area (Å²) in [5.41, 5.74) is 1.26. The highest BCUT2D eigenvalue weighted by Gasteiger charge is 2.11. The maximum absolute atomic E-state index is 6.01. The van der Waals surface area contributed by atoms with E-state index in [1.165, 1.54) is 12.0 Å². The molecule has 0 amide bonds. The Morgan fingerprint density at radius 1 is 1.19 bits per heavy atom. The Hall–Kier alpha value is -0.840. The standard InChI is InChI=1S/C17H33N3O/c1-6-9-18-13-17-15(3)12-16(21-17)14-20(7-2)11-8-10-19(4)5/h12,18H,6-11,13-14H2,1-5H3. The van der Waals surface area contributed by atoms with Crippen molar-refractivity contribution in [3.63, 3.8) is 0 Å². The minimum Gasteiger partial charge on any atom is -0.463 e.